The summed E-state index contributed by atoms with van der Waals surface area (Å²) in [6.45, 7) is 5.62. The molecule has 20 heavy (non-hydrogen) atoms. The third-order valence-corrected chi connectivity index (χ3v) is 2.99. The highest BCUT2D eigenvalue weighted by molar-refractivity contribution is 6.29. The first-order valence-electron chi connectivity index (χ1n) is 6.79. The van der Waals surface area contributed by atoms with Crippen molar-refractivity contribution in [3.8, 4) is 0 Å². The summed E-state index contributed by atoms with van der Waals surface area (Å²) in [5.41, 5.74) is 0.526. The molecule has 2 N–H and O–H groups in total. The van der Waals surface area contributed by atoms with Crippen LogP contribution in [0.3, 0.4) is 0 Å². The molecule has 0 aliphatic carbocycles. The molecule has 1 aromatic rings. The van der Waals surface area contributed by atoms with E-state index in [1.54, 1.807) is 12.1 Å². The molecule has 0 saturated heterocycles. The van der Waals surface area contributed by atoms with Crippen LogP contribution in [0.15, 0.2) is 12.1 Å². The molecule has 0 bridgehead atoms. The highest BCUT2D eigenvalue weighted by atomic mass is 35.5. The van der Waals surface area contributed by atoms with Crippen LogP contribution in [0.2, 0.25) is 5.15 Å². The first-order chi connectivity index (χ1) is 9.42. The topological polar surface area (TPSA) is 57.3 Å². The standard InChI is InChI=1S/C14H23ClN4O/c1-5-16-13-9-11(8-12(15)18-13)14(20)17-10(2)6-7-19(3)4/h8-10H,5-7H2,1-4H3,(H,16,18)(H,17,20). The Balaban J connectivity index is 2.67. The number of halogens is 1. The summed E-state index contributed by atoms with van der Waals surface area (Å²) in [4.78, 5) is 18.4. The number of carbonyl (C=O) groups is 1. The Bertz CT molecular complexity index is 451. The van der Waals surface area contributed by atoms with E-state index in [0.717, 1.165) is 19.5 Å². The highest BCUT2D eigenvalue weighted by Gasteiger charge is 2.12. The van der Waals surface area contributed by atoms with Gasteiger partial charge in [-0.15, -0.1) is 0 Å². The smallest absolute Gasteiger partial charge is 0.251 e. The second kappa shape index (κ2) is 8.07. The Morgan fingerprint density at radius 2 is 2.15 bits per heavy atom. The quantitative estimate of drug-likeness (QED) is 0.758. The minimum atomic E-state index is -0.125. The zero-order chi connectivity index (χ0) is 15.1. The molecule has 0 aromatic carbocycles. The van der Waals surface area contributed by atoms with Gasteiger partial charge in [-0.1, -0.05) is 11.6 Å². The summed E-state index contributed by atoms with van der Waals surface area (Å²) < 4.78 is 0. The first-order valence-corrected chi connectivity index (χ1v) is 7.17. The molecule has 0 radical (unpaired) electrons. The number of aromatic nitrogens is 1. The van der Waals surface area contributed by atoms with Gasteiger partial charge in [0.15, 0.2) is 0 Å². The molecule has 0 saturated carbocycles. The van der Waals surface area contributed by atoms with Crippen molar-refractivity contribution in [2.24, 2.45) is 0 Å². The molecule has 1 rings (SSSR count). The van der Waals surface area contributed by atoms with Crippen LogP contribution in [0.1, 0.15) is 30.6 Å². The van der Waals surface area contributed by atoms with Gasteiger partial charge >= 0.3 is 0 Å². The van der Waals surface area contributed by atoms with Crippen LogP contribution in [0.5, 0.6) is 0 Å². The summed E-state index contributed by atoms with van der Waals surface area (Å²) in [6, 6.07) is 3.40. The molecule has 112 valence electrons. The molecule has 5 nitrogen and oxygen atoms in total. The van der Waals surface area contributed by atoms with Gasteiger partial charge in [0.25, 0.3) is 5.91 Å². The Morgan fingerprint density at radius 1 is 1.45 bits per heavy atom. The fourth-order valence-corrected chi connectivity index (χ4v) is 1.94. The van der Waals surface area contributed by atoms with Crippen LogP contribution in [-0.2, 0) is 0 Å². The lowest BCUT2D eigenvalue weighted by molar-refractivity contribution is 0.0936. The van der Waals surface area contributed by atoms with Crippen LogP contribution < -0.4 is 10.6 Å². The Hall–Kier alpha value is -1.33. The molecule has 0 fully saturated rings. The molecule has 1 aromatic heterocycles. The number of amides is 1. The van der Waals surface area contributed by atoms with E-state index in [0.29, 0.717) is 16.5 Å². The summed E-state index contributed by atoms with van der Waals surface area (Å²) >= 11 is 5.93. The molecule has 1 atom stereocenters. The summed E-state index contributed by atoms with van der Waals surface area (Å²) in [5, 5.41) is 6.34. The highest BCUT2D eigenvalue weighted by Crippen LogP contribution is 2.14. The van der Waals surface area contributed by atoms with Crippen molar-refractivity contribution in [2.75, 3.05) is 32.5 Å². The van der Waals surface area contributed by atoms with E-state index >= 15 is 0 Å². The molecule has 0 aliphatic rings. The molecular weight excluding hydrogens is 276 g/mol. The van der Waals surface area contributed by atoms with E-state index in [-0.39, 0.29) is 11.9 Å². The second-order valence-corrected chi connectivity index (χ2v) is 5.45. The molecule has 6 heteroatoms. The fraction of sp³-hybridized carbons (Fsp3) is 0.571. The lowest BCUT2D eigenvalue weighted by Gasteiger charge is -2.17. The van der Waals surface area contributed by atoms with Crippen molar-refractivity contribution in [1.82, 2.24) is 15.2 Å². The van der Waals surface area contributed by atoms with Crippen molar-refractivity contribution < 1.29 is 4.79 Å². The average molecular weight is 299 g/mol. The van der Waals surface area contributed by atoms with E-state index < -0.39 is 0 Å². The van der Waals surface area contributed by atoms with Gasteiger partial charge in [0, 0.05) is 18.2 Å². The minimum Gasteiger partial charge on any atom is -0.370 e. The number of hydrogen-bond acceptors (Lipinski definition) is 4. The Kier molecular flexibility index (Phi) is 6.75. The van der Waals surface area contributed by atoms with E-state index in [1.165, 1.54) is 0 Å². The monoisotopic (exact) mass is 298 g/mol. The van der Waals surface area contributed by atoms with Crippen LogP contribution >= 0.6 is 11.6 Å². The van der Waals surface area contributed by atoms with E-state index in [9.17, 15) is 4.79 Å². The predicted molar refractivity (Wildman–Crippen MR) is 83.5 cm³/mol. The van der Waals surface area contributed by atoms with Crippen molar-refractivity contribution in [3.63, 3.8) is 0 Å². The minimum absolute atomic E-state index is 0.111. The first kappa shape index (κ1) is 16.7. The third kappa shape index (κ3) is 5.75. The number of carbonyl (C=O) groups excluding carboxylic acids is 1. The van der Waals surface area contributed by atoms with Gasteiger partial charge in [-0.05, 0) is 53.0 Å². The number of nitrogens with zero attached hydrogens (tertiary/aromatic N) is 2. The van der Waals surface area contributed by atoms with Crippen LogP contribution in [0.25, 0.3) is 0 Å². The van der Waals surface area contributed by atoms with Gasteiger partial charge in [-0.25, -0.2) is 4.98 Å². The zero-order valence-corrected chi connectivity index (χ0v) is 13.3. The van der Waals surface area contributed by atoms with Crippen molar-refractivity contribution in [3.05, 3.63) is 22.8 Å². The third-order valence-electron chi connectivity index (χ3n) is 2.80. The predicted octanol–water partition coefficient (Wildman–Crippen LogP) is 2.24. The number of hydrogen-bond donors (Lipinski definition) is 2. The maximum Gasteiger partial charge on any atom is 0.251 e. The van der Waals surface area contributed by atoms with Crippen LogP contribution in [0.4, 0.5) is 5.82 Å². The van der Waals surface area contributed by atoms with Gasteiger partial charge in [-0.3, -0.25) is 4.79 Å². The normalized spacial score (nSPS) is 12.3. The number of anilines is 1. The maximum atomic E-state index is 12.2. The molecular formula is C14H23ClN4O. The van der Waals surface area contributed by atoms with Gasteiger partial charge in [-0.2, -0.15) is 0 Å². The summed E-state index contributed by atoms with van der Waals surface area (Å²) in [7, 11) is 4.03. The maximum absolute atomic E-state index is 12.2. The molecule has 1 amide bonds. The van der Waals surface area contributed by atoms with Gasteiger partial charge in [0.2, 0.25) is 0 Å². The SMILES string of the molecule is CCNc1cc(C(=O)NC(C)CCN(C)C)cc(Cl)n1. The summed E-state index contributed by atoms with van der Waals surface area (Å²) in [5.74, 6) is 0.491. The Morgan fingerprint density at radius 3 is 2.75 bits per heavy atom. The second-order valence-electron chi connectivity index (χ2n) is 5.06. The average Bonchev–Trinajstić information content (AvgIpc) is 2.36. The van der Waals surface area contributed by atoms with Crippen molar-refractivity contribution in [1.29, 1.82) is 0 Å². The molecule has 0 aliphatic heterocycles. The number of nitrogens with one attached hydrogen (secondary N) is 2. The lowest BCUT2D eigenvalue weighted by atomic mass is 10.2. The van der Waals surface area contributed by atoms with Gasteiger partial charge in [0.1, 0.15) is 11.0 Å². The van der Waals surface area contributed by atoms with Crippen molar-refractivity contribution >= 4 is 23.3 Å². The van der Waals surface area contributed by atoms with Crippen LogP contribution in [0, 0.1) is 0 Å². The zero-order valence-electron chi connectivity index (χ0n) is 12.5. The molecule has 0 spiro atoms. The fourth-order valence-electron chi connectivity index (χ4n) is 1.73. The van der Waals surface area contributed by atoms with Gasteiger partial charge in [0.05, 0.1) is 0 Å². The van der Waals surface area contributed by atoms with E-state index in [4.69, 9.17) is 11.6 Å². The molecule has 1 heterocycles. The van der Waals surface area contributed by atoms with E-state index in [2.05, 4.69) is 20.5 Å². The molecule has 1 unspecified atom stereocenters. The lowest BCUT2D eigenvalue weighted by Crippen LogP contribution is -2.34. The van der Waals surface area contributed by atoms with Crippen molar-refractivity contribution in [2.45, 2.75) is 26.3 Å². The Labute approximate surface area is 125 Å². The van der Waals surface area contributed by atoms with E-state index in [1.807, 2.05) is 27.9 Å². The largest absolute Gasteiger partial charge is 0.370 e. The van der Waals surface area contributed by atoms with Gasteiger partial charge < -0.3 is 15.5 Å². The number of pyridine rings is 1. The van der Waals surface area contributed by atoms with Crippen LogP contribution in [-0.4, -0.2) is 49.0 Å². The number of rotatable bonds is 7. The summed E-state index contributed by atoms with van der Waals surface area (Å²) in [6.07, 6.45) is 0.900.